The third kappa shape index (κ3) is 2.46. The maximum absolute atomic E-state index is 11.6. The highest BCUT2D eigenvalue weighted by Gasteiger charge is 2.40. The Labute approximate surface area is 94.6 Å². The maximum Gasteiger partial charge on any atom is 0.315 e. The lowest BCUT2D eigenvalue weighted by Gasteiger charge is -2.42. The van der Waals surface area contributed by atoms with Crippen LogP contribution in [0.2, 0.25) is 0 Å². The highest BCUT2D eigenvalue weighted by atomic mass is 16.4. The SMILES string of the molecule is O=C(O)CC1(NC(=O)NC2CCC2)CCC1. The summed E-state index contributed by atoms with van der Waals surface area (Å²) >= 11 is 0. The molecule has 2 aliphatic carbocycles. The summed E-state index contributed by atoms with van der Waals surface area (Å²) in [6.45, 7) is 0. The van der Waals surface area contributed by atoms with Gasteiger partial charge >= 0.3 is 12.0 Å². The second-order valence-electron chi connectivity index (χ2n) is 4.93. The summed E-state index contributed by atoms with van der Waals surface area (Å²) in [6, 6.07) is 0.0904. The lowest BCUT2D eigenvalue weighted by molar-refractivity contribution is -0.139. The van der Waals surface area contributed by atoms with Gasteiger partial charge in [0.15, 0.2) is 0 Å². The summed E-state index contributed by atoms with van der Waals surface area (Å²) in [7, 11) is 0. The summed E-state index contributed by atoms with van der Waals surface area (Å²) in [6.07, 6.45) is 5.83. The van der Waals surface area contributed by atoms with E-state index < -0.39 is 11.5 Å². The zero-order valence-corrected chi connectivity index (χ0v) is 9.29. The van der Waals surface area contributed by atoms with E-state index in [2.05, 4.69) is 10.6 Å². The zero-order valence-electron chi connectivity index (χ0n) is 9.29. The lowest BCUT2D eigenvalue weighted by atomic mass is 9.74. The number of carboxylic acids is 1. The maximum atomic E-state index is 11.6. The van der Waals surface area contributed by atoms with Crippen molar-refractivity contribution in [2.24, 2.45) is 0 Å². The molecule has 3 N–H and O–H groups in total. The van der Waals surface area contributed by atoms with E-state index in [1.165, 1.54) is 6.42 Å². The van der Waals surface area contributed by atoms with Gasteiger partial charge in [-0.25, -0.2) is 4.79 Å². The van der Waals surface area contributed by atoms with E-state index >= 15 is 0 Å². The number of aliphatic carboxylic acids is 1. The highest BCUT2D eigenvalue weighted by molar-refractivity contribution is 5.77. The van der Waals surface area contributed by atoms with Gasteiger partial charge < -0.3 is 15.7 Å². The van der Waals surface area contributed by atoms with Crippen LogP contribution in [0.5, 0.6) is 0 Å². The quantitative estimate of drug-likeness (QED) is 0.674. The van der Waals surface area contributed by atoms with Gasteiger partial charge in [0.05, 0.1) is 12.0 Å². The van der Waals surface area contributed by atoms with Crippen molar-refractivity contribution < 1.29 is 14.7 Å². The molecular weight excluding hydrogens is 208 g/mol. The van der Waals surface area contributed by atoms with Crippen molar-refractivity contribution in [1.29, 1.82) is 0 Å². The van der Waals surface area contributed by atoms with Crippen molar-refractivity contribution in [2.45, 2.75) is 56.5 Å². The minimum Gasteiger partial charge on any atom is -0.481 e. The number of carboxylic acid groups (broad SMARTS) is 1. The Morgan fingerprint density at radius 3 is 2.31 bits per heavy atom. The smallest absolute Gasteiger partial charge is 0.315 e. The molecule has 5 heteroatoms. The molecule has 0 unspecified atom stereocenters. The van der Waals surface area contributed by atoms with Gasteiger partial charge in [0, 0.05) is 6.04 Å². The fraction of sp³-hybridized carbons (Fsp3) is 0.818. The molecule has 2 aliphatic rings. The fourth-order valence-corrected chi connectivity index (χ4v) is 2.25. The van der Waals surface area contributed by atoms with E-state index in [1.54, 1.807) is 0 Å². The monoisotopic (exact) mass is 226 g/mol. The first-order chi connectivity index (χ1) is 7.60. The summed E-state index contributed by atoms with van der Waals surface area (Å²) in [4.78, 5) is 22.3. The second kappa shape index (κ2) is 4.31. The van der Waals surface area contributed by atoms with E-state index in [1.807, 2.05) is 0 Å². The molecule has 0 spiro atoms. The van der Waals surface area contributed by atoms with E-state index in [4.69, 9.17) is 5.11 Å². The Bertz CT molecular complexity index is 296. The Kier molecular flexibility index (Phi) is 3.03. The molecule has 0 radical (unpaired) electrons. The van der Waals surface area contributed by atoms with Crippen molar-refractivity contribution in [3.05, 3.63) is 0 Å². The molecule has 0 aromatic heterocycles. The van der Waals surface area contributed by atoms with Crippen LogP contribution in [-0.4, -0.2) is 28.7 Å². The first kappa shape index (κ1) is 11.2. The number of hydrogen-bond donors (Lipinski definition) is 3. The molecule has 2 rings (SSSR count). The topological polar surface area (TPSA) is 78.4 Å². The molecule has 90 valence electrons. The predicted molar refractivity (Wildman–Crippen MR) is 58.1 cm³/mol. The summed E-state index contributed by atoms with van der Waals surface area (Å²) in [5, 5.41) is 14.5. The molecule has 0 atom stereocenters. The van der Waals surface area contributed by atoms with E-state index in [0.717, 1.165) is 32.1 Å². The third-order valence-corrected chi connectivity index (χ3v) is 3.62. The van der Waals surface area contributed by atoms with Crippen LogP contribution in [0, 0.1) is 0 Å². The van der Waals surface area contributed by atoms with E-state index in [9.17, 15) is 9.59 Å². The van der Waals surface area contributed by atoms with Crippen molar-refractivity contribution >= 4 is 12.0 Å². The normalized spacial score (nSPS) is 22.8. The van der Waals surface area contributed by atoms with Gasteiger partial charge in [-0.1, -0.05) is 0 Å². The average Bonchev–Trinajstić information content (AvgIpc) is 2.07. The van der Waals surface area contributed by atoms with Gasteiger partial charge in [-0.05, 0) is 38.5 Å². The number of urea groups is 1. The van der Waals surface area contributed by atoms with E-state index in [-0.39, 0.29) is 12.5 Å². The number of carbonyl (C=O) groups excluding carboxylic acids is 1. The molecule has 2 saturated carbocycles. The average molecular weight is 226 g/mol. The van der Waals surface area contributed by atoms with Crippen molar-refractivity contribution in [3.8, 4) is 0 Å². The van der Waals surface area contributed by atoms with Crippen LogP contribution in [0.3, 0.4) is 0 Å². The lowest BCUT2D eigenvalue weighted by Crippen LogP contribution is -2.59. The molecule has 0 saturated heterocycles. The molecule has 2 fully saturated rings. The molecule has 0 heterocycles. The van der Waals surface area contributed by atoms with E-state index in [0.29, 0.717) is 6.04 Å². The molecule has 2 amide bonds. The van der Waals surface area contributed by atoms with Gasteiger partial charge in [0.25, 0.3) is 0 Å². The Hall–Kier alpha value is -1.26. The van der Waals surface area contributed by atoms with Crippen LogP contribution in [0.1, 0.15) is 44.9 Å². The summed E-state index contributed by atoms with van der Waals surface area (Å²) in [5.41, 5.74) is -0.486. The van der Waals surface area contributed by atoms with Crippen LogP contribution in [0.4, 0.5) is 4.79 Å². The first-order valence-corrected chi connectivity index (χ1v) is 5.90. The van der Waals surface area contributed by atoms with Crippen LogP contribution in [0.15, 0.2) is 0 Å². The second-order valence-corrected chi connectivity index (χ2v) is 4.93. The molecular formula is C11H18N2O3. The minimum absolute atomic E-state index is 0.0328. The molecule has 5 nitrogen and oxygen atoms in total. The number of carbonyl (C=O) groups is 2. The third-order valence-electron chi connectivity index (χ3n) is 3.62. The van der Waals surface area contributed by atoms with Crippen molar-refractivity contribution in [1.82, 2.24) is 10.6 Å². The van der Waals surface area contributed by atoms with Crippen LogP contribution >= 0.6 is 0 Å². The molecule has 0 aliphatic heterocycles. The highest BCUT2D eigenvalue weighted by Crippen LogP contribution is 2.34. The Morgan fingerprint density at radius 2 is 1.94 bits per heavy atom. The number of amides is 2. The zero-order chi connectivity index (χ0) is 11.6. The van der Waals surface area contributed by atoms with Gasteiger partial charge in [0.1, 0.15) is 0 Å². The summed E-state index contributed by atoms with van der Waals surface area (Å²) < 4.78 is 0. The standard InChI is InChI=1S/C11H18N2O3/c14-9(15)7-11(5-2-6-11)13-10(16)12-8-3-1-4-8/h8H,1-7H2,(H,14,15)(H2,12,13,16). The van der Waals surface area contributed by atoms with Gasteiger partial charge in [-0.3, -0.25) is 4.79 Å². The van der Waals surface area contributed by atoms with Crippen molar-refractivity contribution in [3.63, 3.8) is 0 Å². The molecule has 0 aromatic rings. The molecule has 0 aromatic carbocycles. The molecule has 16 heavy (non-hydrogen) atoms. The van der Waals surface area contributed by atoms with Gasteiger partial charge in [0.2, 0.25) is 0 Å². The van der Waals surface area contributed by atoms with Gasteiger partial charge in [-0.15, -0.1) is 0 Å². The number of rotatable bonds is 4. The number of nitrogens with one attached hydrogen (secondary N) is 2. The van der Waals surface area contributed by atoms with Crippen molar-refractivity contribution in [2.75, 3.05) is 0 Å². The Balaban J connectivity index is 1.80. The Morgan fingerprint density at radius 1 is 1.25 bits per heavy atom. The van der Waals surface area contributed by atoms with Gasteiger partial charge in [-0.2, -0.15) is 0 Å². The minimum atomic E-state index is -0.844. The van der Waals surface area contributed by atoms with Crippen LogP contribution in [0.25, 0.3) is 0 Å². The van der Waals surface area contributed by atoms with Crippen LogP contribution < -0.4 is 10.6 Å². The predicted octanol–water partition coefficient (Wildman–Crippen LogP) is 1.24. The fourth-order valence-electron chi connectivity index (χ4n) is 2.25. The largest absolute Gasteiger partial charge is 0.481 e. The van der Waals surface area contributed by atoms with Crippen LogP contribution in [-0.2, 0) is 4.79 Å². The number of hydrogen-bond acceptors (Lipinski definition) is 2. The molecule has 0 bridgehead atoms. The summed E-state index contributed by atoms with van der Waals surface area (Å²) in [5.74, 6) is -0.844. The first-order valence-electron chi connectivity index (χ1n) is 5.90.